The summed E-state index contributed by atoms with van der Waals surface area (Å²) in [6.07, 6.45) is 1.80. The Balaban J connectivity index is 1.64. The van der Waals surface area contributed by atoms with Crippen LogP contribution in [0, 0.1) is 4.64 Å². The summed E-state index contributed by atoms with van der Waals surface area (Å²) in [6, 6.07) is 17.9. The number of rotatable bonds is 4. The minimum Gasteiger partial charge on any atom is -0.299 e. The monoisotopic (exact) mass is 412 g/mol. The fourth-order valence-electron chi connectivity index (χ4n) is 2.50. The minimum absolute atomic E-state index is 0.505. The molecule has 0 unspecified atom stereocenters. The van der Waals surface area contributed by atoms with E-state index >= 15 is 0 Å². The Morgan fingerprint density at radius 1 is 1.08 bits per heavy atom. The molecule has 2 aromatic carbocycles. The lowest BCUT2D eigenvalue weighted by atomic mass is 10.2. The highest BCUT2D eigenvalue weighted by atomic mass is 79.9. The number of nitrogens with one attached hydrogen (secondary N) is 1. The molecule has 2 heterocycles. The molecular formula is C17H13BrN6S. The van der Waals surface area contributed by atoms with E-state index in [-0.39, 0.29) is 0 Å². The third kappa shape index (κ3) is 3.31. The molecule has 1 N–H and O–H groups in total. The first-order chi connectivity index (χ1) is 12.2. The normalized spacial score (nSPS) is 10.9. The first-order valence-corrected chi connectivity index (χ1v) is 8.79. The number of tetrazole rings is 1. The summed E-state index contributed by atoms with van der Waals surface area (Å²) in [5.41, 5.74) is 2.79. The summed E-state index contributed by atoms with van der Waals surface area (Å²) >= 11 is 9.04. The van der Waals surface area contributed by atoms with Crippen LogP contribution in [0.4, 0.5) is 0 Å². The zero-order valence-electron chi connectivity index (χ0n) is 13.0. The molecule has 0 aliphatic carbocycles. The van der Waals surface area contributed by atoms with Crippen molar-refractivity contribution in [2.24, 2.45) is 0 Å². The van der Waals surface area contributed by atoms with Crippen molar-refractivity contribution in [3.05, 3.63) is 75.5 Å². The molecule has 0 aliphatic heterocycles. The standard InChI is InChI=1S/C17H13BrN6S/c18-13-7-4-8-14(9-13)24-17(25)15(10-19-24)16-20-22-23(21-16)11-12-5-2-1-3-6-12/h1-10,19H,11H2. The highest BCUT2D eigenvalue weighted by Crippen LogP contribution is 2.20. The molecule has 0 saturated heterocycles. The number of aromatic amines is 1. The summed E-state index contributed by atoms with van der Waals surface area (Å²) in [6.45, 7) is 0.566. The smallest absolute Gasteiger partial charge is 0.209 e. The van der Waals surface area contributed by atoms with Gasteiger partial charge in [-0.2, -0.15) is 4.80 Å². The van der Waals surface area contributed by atoms with Gasteiger partial charge in [0.15, 0.2) is 0 Å². The molecule has 4 aromatic rings. The largest absolute Gasteiger partial charge is 0.299 e. The number of nitrogens with zero attached hydrogens (tertiary/aromatic N) is 5. The Morgan fingerprint density at radius 2 is 1.92 bits per heavy atom. The number of hydrogen-bond donors (Lipinski definition) is 1. The molecule has 0 saturated carbocycles. The quantitative estimate of drug-likeness (QED) is 0.514. The Morgan fingerprint density at radius 3 is 2.72 bits per heavy atom. The Labute approximate surface area is 157 Å². The first-order valence-electron chi connectivity index (χ1n) is 7.59. The minimum atomic E-state index is 0.505. The van der Waals surface area contributed by atoms with E-state index in [4.69, 9.17) is 12.2 Å². The second-order valence-electron chi connectivity index (χ2n) is 5.44. The van der Waals surface area contributed by atoms with E-state index in [1.54, 1.807) is 11.0 Å². The molecule has 8 heteroatoms. The Bertz CT molecular complexity index is 1070. The molecule has 25 heavy (non-hydrogen) atoms. The summed E-state index contributed by atoms with van der Waals surface area (Å²) in [5, 5.41) is 15.9. The lowest BCUT2D eigenvalue weighted by Gasteiger charge is -2.02. The zero-order chi connectivity index (χ0) is 17.2. The number of aromatic nitrogens is 6. The van der Waals surface area contributed by atoms with Crippen LogP contribution in [0.25, 0.3) is 17.1 Å². The van der Waals surface area contributed by atoms with Gasteiger partial charge in [-0.3, -0.25) is 5.10 Å². The molecule has 0 atom stereocenters. The van der Waals surface area contributed by atoms with Crippen molar-refractivity contribution >= 4 is 28.1 Å². The van der Waals surface area contributed by atoms with Gasteiger partial charge < -0.3 is 0 Å². The second kappa shape index (κ2) is 6.73. The molecule has 0 fully saturated rings. The highest BCUT2D eigenvalue weighted by molar-refractivity contribution is 9.10. The Kier molecular flexibility index (Phi) is 4.29. The van der Waals surface area contributed by atoms with Gasteiger partial charge in [-0.15, -0.1) is 10.2 Å². The predicted octanol–water partition coefficient (Wildman–Crippen LogP) is 4.00. The summed E-state index contributed by atoms with van der Waals surface area (Å²) in [7, 11) is 0. The maximum atomic E-state index is 5.57. The van der Waals surface area contributed by atoms with Gasteiger partial charge in [0.05, 0.1) is 17.8 Å². The van der Waals surface area contributed by atoms with E-state index in [1.807, 2.05) is 59.3 Å². The highest BCUT2D eigenvalue weighted by Gasteiger charge is 2.12. The molecule has 0 amide bonds. The van der Waals surface area contributed by atoms with Crippen molar-refractivity contribution in [1.82, 2.24) is 30.0 Å². The molecule has 4 rings (SSSR count). The SMILES string of the molecule is S=c1c(-c2nnn(Cc3ccccc3)n2)c[nH]n1-c1cccc(Br)c1. The van der Waals surface area contributed by atoms with Gasteiger partial charge in [0.1, 0.15) is 4.64 Å². The van der Waals surface area contributed by atoms with E-state index in [2.05, 4.69) is 36.4 Å². The average molecular weight is 413 g/mol. The van der Waals surface area contributed by atoms with Gasteiger partial charge in [0.2, 0.25) is 5.82 Å². The number of halogens is 1. The molecular weight excluding hydrogens is 400 g/mol. The van der Waals surface area contributed by atoms with E-state index in [0.29, 0.717) is 17.0 Å². The predicted molar refractivity (Wildman–Crippen MR) is 101 cm³/mol. The fourth-order valence-corrected chi connectivity index (χ4v) is 3.20. The van der Waals surface area contributed by atoms with Crippen LogP contribution in [0.1, 0.15) is 5.56 Å². The number of hydrogen-bond acceptors (Lipinski definition) is 4. The van der Waals surface area contributed by atoms with Crippen LogP contribution in [0.3, 0.4) is 0 Å². The number of benzene rings is 2. The molecule has 2 aromatic heterocycles. The Hall–Kier alpha value is -2.58. The topological polar surface area (TPSA) is 64.3 Å². The van der Waals surface area contributed by atoms with Crippen LogP contribution in [0.15, 0.2) is 65.3 Å². The van der Waals surface area contributed by atoms with Crippen LogP contribution in [-0.2, 0) is 6.54 Å². The maximum Gasteiger partial charge on any atom is 0.209 e. The van der Waals surface area contributed by atoms with E-state index in [9.17, 15) is 0 Å². The molecule has 6 nitrogen and oxygen atoms in total. The average Bonchev–Trinajstić information content (AvgIpc) is 3.22. The molecule has 0 bridgehead atoms. The van der Waals surface area contributed by atoms with Crippen molar-refractivity contribution in [2.45, 2.75) is 6.54 Å². The van der Waals surface area contributed by atoms with Gasteiger partial charge in [-0.05, 0) is 29.0 Å². The maximum absolute atomic E-state index is 5.57. The molecule has 124 valence electrons. The van der Waals surface area contributed by atoms with Crippen molar-refractivity contribution in [3.63, 3.8) is 0 Å². The lowest BCUT2D eigenvalue weighted by molar-refractivity contribution is 0.573. The van der Waals surface area contributed by atoms with Gasteiger partial charge >= 0.3 is 0 Å². The van der Waals surface area contributed by atoms with Crippen molar-refractivity contribution < 1.29 is 0 Å². The van der Waals surface area contributed by atoms with Gasteiger partial charge in [0.25, 0.3) is 0 Å². The van der Waals surface area contributed by atoms with E-state index in [1.165, 1.54) is 0 Å². The summed E-state index contributed by atoms with van der Waals surface area (Å²) in [5.74, 6) is 0.505. The van der Waals surface area contributed by atoms with Crippen LogP contribution in [0.2, 0.25) is 0 Å². The van der Waals surface area contributed by atoms with Crippen molar-refractivity contribution in [2.75, 3.05) is 0 Å². The van der Waals surface area contributed by atoms with Crippen LogP contribution in [0.5, 0.6) is 0 Å². The zero-order valence-corrected chi connectivity index (χ0v) is 15.4. The summed E-state index contributed by atoms with van der Waals surface area (Å²) in [4.78, 5) is 1.57. The van der Waals surface area contributed by atoms with Crippen LogP contribution >= 0.6 is 28.1 Å². The van der Waals surface area contributed by atoms with E-state index in [0.717, 1.165) is 21.3 Å². The fraction of sp³-hybridized carbons (Fsp3) is 0.0588. The third-order valence-corrected chi connectivity index (χ3v) is 4.59. The number of H-pyrrole nitrogens is 1. The first kappa shape index (κ1) is 15.9. The van der Waals surface area contributed by atoms with Gasteiger partial charge in [-0.25, -0.2) is 4.68 Å². The van der Waals surface area contributed by atoms with E-state index < -0.39 is 0 Å². The van der Waals surface area contributed by atoms with Gasteiger partial charge in [0, 0.05) is 10.7 Å². The van der Waals surface area contributed by atoms with Crippen LogP contribution < -0.4 is 0 Å². The third-order valence-electron chi connectivity index (χ3n) is 3.70. The molecule has 0 radical (unpaired) electrons. The van der Waals surface area contributed by atoms with Crippen molar-refractivity contribution in [1.29, 1.82) is 0 Å². The lowest BCUT2D eigenvalue weighted by Crippen LogP contribution is -2.03. The van der Waals surface area contributed by atoms with Gasteiger partial charge in [-0.1, -0.05) is 64.5 Å². The molecule has 0 aliphatic rings. The molecule has 0 spiro atoms. The van der Waals surface area contributed by atoms with Crippen LogP contribution in [-0.4, -0.2) is 30.0 Å². The summed E-state index contributed by atoms with van der Waals surface area (Å²) < 4.78 is 3.40. The second-order valence-corrected chi connectivity index (χ2v) is 6.74. The van der Waals surface area contributed by atoms with Crippen molar-refractivity contribution in [3.8, 4) is 17.1 Å².